The van der Waals surface area contributed by atoms with Gasteiger partial charge in [0.25, 0.3) is 5.56 Å². The predicted octanol–water partition coefficient (Wildman–Crippen LogP) is 3.86. The molecule has 1 saturated heterocycles. The van der Waals surface area contributed by atoms with Gasteiger partial charge in [0.05, 0.1) is 16.8 Å². The van der Waals surface area contributed by atoms with E-state index in [-0.39, 0.29) is 17.8 Å². The van der Waals surface area contributed by atoms with Crippen LogP contribution in [0.15, 0.2) is 52.3 Å². The summed E-state index contributed by atoms with van der Waals surface area (Å²) in [6, 6.07) is 8.75. The average molecular weight is 515 g/mol. The Hall–Kier alpha value is -3.01. The Morgan fingerprint density at radius 2 is 1.97 bits per heavy atom. The number of ether oxygens (including phenoxy) is 1. The molecule has 1 aromatic carbocycles. The van der Waals surface area contributed by atoms with Crippen LogP contribution < -0.4 is 16.0 Å². The van der Waals surface area contributed by atoms with Gasteiger partial charge in [-0.15, -0.1) is 11.3 Å². The first-order valence-electron chi connectivity index (χ1n) is 11.1. The van der Waals surface area contributed by atoms with Crippen molar-refractivity contribution in [3.05, 3.63) is 79.0 Å². The maximum Gasteiger partial charge on any atom is 0.331 e. The minimum absolute atomic E-state index is 0.142. The van der Waals surface area contributed by atoms with Crippen LogP contribution in [0.1, 0.15) is 10.4 Å². The number of thiophene rings is 1. The van der Waals surface area contributed by atoms with Gasteiger partial charge in [0.2, 0.25) is 0 Å². The van der Waals surface area contributed by atoms with Crippen LogP contribution in [0.3, 0.4) is 0 Å². The molecule has 10 heteroatoms. The lowest BCUT2D eigenvalue weighted by molar-refractivity contribution is 0.139. The van der Waals surface area contributed by atoms with Crippen molar-refractivity contribution in [1.82, 2.24) is 19.0 Å². The number of halogens is 2. The molecule has 7 nitrogen and oxygen atoms in total. The highest BCUT2D eigenvalue weighted by Gasteiger charge is 2.33. The van der Waals surface area contributed by atoms with Crippen molar-refractivity contribution in [1.29, 1.82) is 0 Å². The lowest BCUT2D eigenvalue weighted by Crippen LogP contribution is -2.37. The van der Waals surface area contributed by atoms with Crippen molar-refractivity contribution < 1.29 is 9.13 Å². The third-order valence-corrected chi connectivity index (χ3v) is 7.56. The molecule has 0 amide bonds. The van der Waals surface area contributed by atoms with Crippen molar-refractivity contribution in [2.45, 2.75) is 25.7 Å². The van der Waals surface area contributed by atoms with E-state index in [9.17, 15) is 14.0 Å². The van der Waals surface area contributed by atoms with E-state index in [1.54, 1.807) is 13.2 Å². The number of hydrogen-bond acceptors (Lipinski definition) is 6. The van der Waals surface area contributed by atoms with Gasteiger partial charge < -0.3 is 9.30 Å². The molecule has 0 unspecified atom stereocenters. The summed E-state index contributed by atoms with van der Waals surface area (Å²) in [5.41, 5.74) is 2.41. The van der Waals surface area contributed by atoms with Crippen LogP contribution in [-0.2, 0) is 13.6 Å². The number of likely N-dealkylation sites (N-methyl/N-ethyl adjacent to an activating group) is 1. The minimum atomic E-state index is -1.08. The number of pyridine rings is 1. The third-order valence-electron chi connectivity index (χ3n) is 6.20. The molecule has 1 aliphatic heterocycles. The van der Waals surface area contributed by atoms with Crippen LogP contribution >= 0.6 is 22.9 Å². The van der Waals surface area contributed by atoms with Crippen molar-refractivity contribution in [3.8, 4) is 16.9 Å². The number of benzene rings is 1. The lowest BCUT2D eigenvalue weighted by atomic mass is 10.0. The summed E-state index contributed by atoms with van der Waals surface area (Å²) >= 11 is 7.88. The highest BCUT2D eigenvalue weighted by molar-refractivity contribution is 7.19. The van der Waals surface area contributed by atoms with Crippen molar-refractivity contribution in [2.24, 2.45) is 7.05 Å². The second kappa shape index (κ2) is 9.22. The Morgan fingerprint density at radius 1 is 1.17 bits per heavy atom. The van der Waals surface area contributed by atoms with Gasteiger partial charge in [-0.05, 0) is 43.8 Å². The fourth-order valence-electron chi connectivity index (χ4n) is 4.45. The van der Waals surface area contributed by atoms with E-state index in [4.69, 9.17) is 16.3 Å². The largest absolute Gasteiger partial charge is 0.485 e. The summed E-state index contributed by atoms with van der Waals surface area (Å²) < 4.78 is 24.3. The Labute approximate surface area is 210 Å². The van der Waals surface area contributed by atoms with E-state index >= 15 is 0 Å². The van der Waals surface area contributed by atoms with Crippen LogP contribution in [-0.4, -0.2) is 51.4 Å². The first-order valence-corrected chi connectivity index (χ1v) is 12.3. The van der Waals surface area contributed by atoms with E-state index in [0.29, 0.717) is 23.9 Å². The van der Waals surface area contributed by atoms with Crippen LogP contribution in [0, 0.1) is 6.92 Å². The number of fused-ring (bicyclic) bond motifs is 1. The first-order chi connectivity index (χ1) is 16.7. The molecule has 0 aliphatic carbocycles. The highest BCUT2D eigenvalue weighted by Crippen LogP contribution is 2.42. The van der Waals surface area contributed by atoms with Crippen LogP contribution in [0.25, 0.3) is 21.3 Å². The SMILES string of the molecule is Cc1cc(Cl)cc(-c2ccnc3cc(Cn4c(=O)ccn(C)c4=O)sc23)c1O[C@@H]1CN(C)C[C@@H]1F. The normalized spacial score (nSPS) is 18.4. The third kappa shape index (κ3) is 4.51. The van der Waals surface area contributed by atoms with Crippen LogP contribution in [0.4, 0.5) is 4.39 Å². The summed E-state index contributed by atoms with van der Waals surface area (Å²) in [5, 5.41) is 0.547. The van der Waals surface area contributed by atoms with Gasteiger partial charge in [0.15, 0.2) is 6.17 Å². The fourth-order valence-corrected chi connectivity index (χ4v) is 5.86. The maximum atomic E-state index is 14.6. The zero-order valence-corrected chi connectivity index (χ0v) is 21.1. The number of aromatic nitrogens is 3. The zero-order chi connectivity index (χ0) is 24.9. The van der Waals surface area contributed by atoms with Gasteiger partial charge in [-0.2, -0.15) is 0 Å². The molecule has 4 aromatic rings. The van der Waals surface area contributed by atoms with Gasteiger partial charge >= 0.3 is 5.69 Å². The first kappa shape index (κ1) is 23.7. The van der Waals surface area contributed by atoms with E-state index in [0.717, 1.165) is 31.8 Å². The fraction of sp³-hybridized carbons (Fsp3) is 0.320. The summed E-state index contributed by atoms with van der Waals surface area (Å²) in [6.07, 6.45) is 1.50. The van der Waals surface area contributed by atoms with E-state index in [1.165, 1.54) is 32.7 Å². The molecule has 5 rings (SSSR count). The molecule has 182 valence electrons. The molecule has 0 bridgehead atoms. The second-order valence-corrected chi connectivity index (χ2v) is 10.5. The highest BCUT2D eigenvalue weighted by atomic mass is 35.5. The molecule has 0 spiro atoms. The quantitative estimate of drug-likeness (QED) is 0.404. The molecule has 1 aliphatic rings. The molecule has 0 N–H and O–H groups in total. The van der Waals surface area contributed by atoms with Gasteiger partial charge in [-0.1, -0.05) is 11.6 Å². The Kier molecular flexibility index (Phi) is 6.25. The van der Waals surface area contributed by atoms with E-state index in [1.807, 2.05) is 43.1 Å². The molecular weight excluding hydrogens is 491 g/mol. The van der Waals surface area contributed by atoms with Gasteiger partial charge in [0, 0.05) is 59.6 Å². The van der Waals surface area contributed by atoms with E-state index in [2.05, 4.69) is 4.98 Å². The number of alkyl halides is 1. The summed E-state index contributed by atoms with van der Waals surface area (Å²) in [4.78, 5) is 32.0. The Morgan fingerprint density at radius 3 is 2.71 bits per heavy atom. The Bertz CT molecular complexity index is 1550. The molecule has 1 fully saturated rings. The zero-order valence-electron chi connectivity index (χ0n) is 19.5. The molecule has 4 heterocycles. The van der Waals surface area contributed by atoms with Gasteiger partial charge in [-0.25, -0.2) is 9.18 Å². The molecular formula is C25H24ClFN4O3S. The van der Waals surface area contributed by atoms with Gasteiger partial charge in [-0.3, -0.25) is 19.2 Å². The number of hydrogen-bond donors (Lipinski definition) is 0. The van der Waals surface area contributed by atoms with Crippen LogP contribution in [0.2, 0.25) is 5.02 Å². The maximum absolute atomic E-state index is 14.6. The Balaban J connectivity index is 1.60. The van der Waals surface area contributed by atoms with Crippen molar-refractivity contribution in [2.75, 3.05) is 20.1 Å². The summed E-state index contributed by atoms with van der Waals surface area (Å²) in [7, 11) is 3.48. The topological polar surface area (TPSA) is 69.4 Å². The number of aryl methyl sites for hydroxylation is 2. The predicted molar refractivity (Wildman–Crippen MR) is 137 cm³/mol. The number of nitrogens with zero attached hydrogens (tertiary/aromatic N) is 4. The van der Waals surface area contributed by atoms with Gasteiger partial charge in [0.1, 0.15) is 11.9 Å². The summed E-state index contributed by atoms with van der Waals surface area (Å²) in [6.45, 7) is 2.87. The second-order valence-electron chi connectivity index (χ2n) is 8.91. The van der Waals surface area contributed by atoms with Crippen molar-refractivity contribution in [3.63, 3.8) is 0 Å². The smallest absolute Gasteiger partial charge is 0.331 e. The lowest BCUT2D eigenvalue weighted by Gasteiger charge is -2.21. The molecule has 0 radical (unpaired) electrons. The standard InChI is InChI=1S/C25H24ClFN4O3S/c1-14-8-15(26)9-18(23(14)34-21-13-29(2)12-19(21)27)17-4-6-28-20-10-16(35-24(17)20)11-31-22(32)5-7-30(3)25(31)33/h4-10,19,21H,11-13H2,1-3H3/t19-,21+/m0/s1. The number of likely N-dealkylation sites (tertiary alicyclic amines) is 1. The minimum Gasteiger partial charge on any atom is -0.485 e. The van der Waals surface area contributed by atoms with E-state index < -0.39 is 12.3 Å². The van der Waals surface area contributed by atoms with Crippen molar-refractivity contribution >= 4 is 33.2 Å². The molecule has 35 heavy (non-hydrogen) atoms. The molecule has 2 atom stereocenters. The summed E-state index contributed by atoms with van der Waals surface area (Å²) in [5.74, 6) is 0.591. The average Bonchev–Trinajstić information content (AvgIpc) is 3.36. The number of rotatable bonds is 5. The molecule has 3 aromatic heterocycles. The monoisotopic (exact) mass is 514 g/mol. The molecule has 0 saturated carbocycles. The van der Waals surface area contributed by atoms with Crippen LogP contribution in [0.5, 0.6) is 5.75 Å².